The van der Waals surface area contributed by atoms with Crippen LogP contribution in [0.2, 0.25) is 0 Å². The Balaban J connectivity index is 1.42. The maximum absolute atomic E-state index is 13.5. The first kappa shape index (κ1) is 29.6. The highest BCUT2D eigenvalue weighted by molar-refractivity contribution is 6.02. The minimum atomic E-state index is -0.651. The minimum Gasteiger partial charge on any atom is -0.496 e. The summed E-state index contributed by atoms with van der Waals surface area (Å²) in [5.41, 5.74) is 4.61. The van der Waals surface area contributed by atoms with Crippen LogP contribution >= 0.6 is 0 Å². The minimum absolute atomic E-state index is 0.168. The summed E-state index contributed by atoms with van der Waals surface area (Å²) in [5, 5.41) is 6.09. The van der Waals surface area contributed by atoms with Crippen molar-refractivity contribution in [1.29, 1.82) is 0 Å². The summed E-state index contributed by atoms with van der Waals surface area (Å²) in [6.45, 7) is 2.00. The lowest BCUT2D eigenvalue weighted by molar-refractivity contribution is -0.123. The standard InChI is InChI=1S/C35H39N3O3/c1-38(26-29-18-9-12-22-33(29)41-2)25-13-21-32(35(40)36-24-23-27-14-5-3-6-15-27)37-34(39)31-20-11-10-19-30(31)28-16-7-4-8-17-28/h3-12,14-20,22,32H,13,21,23-26H2,1-2H3,(H,36,40)(H,37,39)/t32-/m0/s1. The first-order valence-electron chi connectivity index (χ1n) is 14.1. The average molecular weight is 550 g/mol. The van der Waals surface area contributed by atoms with Gasteiger partial charge >= 0.3 is 0 Å². The molecule has 4 aromatic carbocycles. The first-order valence-corrected chi connectivity index (χ1v) is 14.1. The van der Waals surface area contributed by atoms with Gasteiger partial charge in [0.25, 0.3) is 5.91 Å². The van der Waals surface area contributed by atoms with E-state index in [0.717, 1.165) is 53.9 Å². The zero-order chi connectivity index (χ0) is 28.9. The molecule has 6 heteroatoms. The molecule has 2 amide bonds. The van der Waals surface area contributed by atoms with Gasteiger partial charge in [-0.2, -0.15) is 0 Å². The fraction of sp³-hybridized carbons (Fsp3) is 0.257. The SMILES string of the molecule is COc1ccccc1CN(C)CCC[C@H](NC(=O)c1ccccc1-c1ccccc1)C(=O)NCCc1ccccc1. The Morgan fingerprint density at radius 1 is 0.829 bits per heavy atom. The van der Waals surface area contributed by atoms with E-state index in [1.807, 2.05) is 103 Å². The number of hydrogen-bond donors (Lipinski definition) is 2. The zero-order valence-corrected chi connectivity index (χ0v) is 23.9. The molecule has 0 bridgehead atoms. The number of para-hydroxylation sites is 1. The summed E-state index contributed by atoms with van der Waals surface area (Å²) < 4.78 is 5.49. The molecule has 0 saturated heterocycles. The Morgan fingerprint density at radius 2 is 1.49 bits per heavy atom. The van der Waals surface area contributed by atoms with Crippen LogP contribution in [0.1, 0.15) is 34.3 Å². The van der Waals surface area contributed by atoms with E-state index in [9.17, 15) is 9.59 Å². The predicted octanol–water partition coefficient (Wildman–Crippen LogP) is 5.73. The molecule has 4 aromatic rings. The van der Waals surface area contributed by atoms with Crippen molar-refractivity contribution in [2.75, 3.05) is 27.2 Å². The summed E-state index contributed by atoms with van der Waals surface area (Å²) in [6.07, 6.45) is 1.99. The molecular formula is C35H39N3O3. The third-order valence-electron chi connectivity index (χ3n) is 7.10. The van der Waals surface area contributed by atoms with Crippen LogP contribution in [0.15, 0.2) is 109 Å². The number of carbonyl (C=O) groups is 2. The van der Waals surface area contributed by atoms with Crippen LogP contribution in [0, 0.1) is 0 Å². The molecule has 0 aliphatic heterocycles. The lowest BCUT2D eigenvalue weighted by Gasteiger charge is -2.22. The maximum atomic E-state index is 13.5. The lowest BCUT2D eigenvalue weighted by Crippen LogP contribution is -2.47. The summed E-state index contributed by atoms with van der Waals surface area (Å²) in [5.74, 6) is 0.438. The molecule has 41 heavy (non-hydrogen) atoms. The van der Waals surface area contributed by atoms with Crippen LogP contribution in [0.3, 0.4) is 0 Å². The molecular weight excluding hydrogens is 510 g/mol. The number of nitrogens with zero attached hydrogens (tertiary/aromatic N) is 1. The molecule has 0 aromatic heterocycles. The van der Waals surface area contributed by atoms with Gasteiger partial charge in [0, 0.05) is 24.2 Å². The number of amides is 2. The fourth-order valence-corrected chi connectivity index (χ4v) is 4.92. The number of carbonyl (C=O) groups excluding carboxylic acids is 2. The van der Waals surface area contributed by atoms with Gasteiger partial charge in [0.1, 0.15) is 11.8 Å². The summed E-state index contributed by atoms with van der Waals surface area (Å²) in [4.78, 5) is 29.1. The number of benzene rings is 4. The molecule has 0 spiro atoms. The van der Waals surface area contributed by atoms with Gasteiger partial charge in [-0.1, -0.05) is 97.1 Å². The fourth-order valence-electron chi connectivity index (χ4n) is 4.92. The van der Waals surface area contributed by atoms with E-state index in [1.165, 1.54) is 0 Å². The molecule has 6 nitrogen and oxygen atoms in total. The van der Waals surface area contributed by atoms with E-state index in [0.29, 0.717) is 18.5 Å². The van der Waals surface area contributed by atoms with Gasteiger partial charge < -0.3 is 20.3 Å². The third kappa shape index (κ3) is 8.78. The van der Waals surface area contributed by atoms with E-state index in [4.69, 9.17) is 4.74 Å². The Hall–Kier alpha value is -4.42. The van der Waals surface area contributed by atoms with Crippen molar-refractivity contribution in [3.05, 3.63) is 126 Å². The second-order valence-electron chi connectivity index (χ2n) is 10.2. The number of ether oxygens (including phenoxy) is 1. The highest BCUT2D eigenvalue weighted by Crippen LogP contribution is 2.24. The topological polar surface area (TPSA) is 70.7 Å². The molecule has 0 radical (unpaired) electrons. The van der Waals surface area contributed by atoms with Gasteiger partial charge in [0.05, 0.1) is 7.11 Å². The van der Waals surface area contributed by atoms with Gasteiger partial charge in [-0.3, -0.25) is 9.59 Å². The second kappa shape index (κ2) is 15.4. The number of rotatable bonds is 14. The monoisotopic (exact) mass is 549 g/mol. The Morgan fingerprint density at radius 3 is 2.24 bits per heavy atom. The molecule has 4 rings (SSSR count). The van der Waals surface area contributed by atoms with Gasteiger partial charge in [0.2, 0.25) is 5.91 Å². The largest absolute Gasteiger partial charge is 0.496 e. The van der Waals surface area contributed by atoms with Gasteiger partial charge in [0.15, 0.2) is 0 Å². The molecule has 0 saturated carbocycles. The quantitative estimate of drug-likeness (QED) is 0.211. The third-order valence-corrected chi connectivity index (χ3v) is 7.10. The Bertz CT molecular complexity index is 1390. The van der Waals surface area contributed by atoms with Crippen molar-refractivity contribution in [3.63, 3.8) is 0 Å². The molecule has 0 aliphatic carbocycles. The van der Waals surface area contributed by atoms with Gasteiger partial charge in [-0.25, -0.2) is 0 Å². The van der Waals surface area contributed by atoms with Crippen LogP contribution in [0.5, 0.6) is 5.75 Å². The maximum Gasteiger partial charge on any atom is 0.252 e. The number of nitrogens with one attached hydrogen (secondary N) is 2. The normalized spacial score (nSPS) is 11.6. The van der Waals surface area contributed by atoms with Crippen LogP contribution < -0.4 is 15.4 Å². The summed E-state index contributed by atoms with van der Waals surface area (Å²) in [7, 11) is 3.73. The van der Waals surface area contributed by atoms with Gasteiger partial charge in [-0.15, -0.1) is 0 Å². The van der Waals surface area contributed by atoms with E-state index in [-0.39, 0.29) is 11.8 Å². The summed E-state index contributed by atoms with van der Waals surface area (Å²) in [6, 6.07) is 34.7. The number of methoxy groups -OCH3 is 1. The molecule has 0 fully saturated rings. The van der Waals surface area contributed by atoms with Crippen LogP contribution in [0.4, 0.5) is 0 Å². The van der Waals surface area contributed by atoms with E-state index < -0.39 is 6.04 Å². The van der Waals surface area contributed by atoms with Crippen molar-refractivity contribution in [2.45, 2.75) is 31.8 Å². The van der Waals surface area contributed by atoms with E-state index in [1.54, 1.807) is 7.11 Å². The zero-order valence-electron chi connectivity index (χ0n) is 23.9. The molecule has 0 aliphatic rings. The molecule has 212 valence electrons. The van der Waals surface area contributed by atoms with Crippen LogP contribution in [-0.2, 0) is 17.8 Å². The van der Waals surface area contributed by atoms with Crippen molar-refractivity contribution in [3.8, 4) is 16.9 Å². The van der Waals surface area contributed by atoms with Gasteiger partial charge in [-0.05, 0) is 61.7 Å². The Labute approximate surface area is 243 Å². The Kier molecular flexibility index (Phi) is 11.1. The van der Waals surface area contributed by atoms with Crippen molar-refractivity contribution in [2.24, 2.45) is 0 Å². The molecule has 0 heterocycles. The van der Waals surface area contributed by atoms with E-state index >= 15 is 0 Å². The first-order chi connectivity index (χ1) is 20.0. The van der Waals surface area contributed by atoms with E-state index in [2.05, 4.69) is 28.6 Å². The second-order valence-corrected chi connectivity index (χ2v) is 10.2. The lowest BCUT2D eigenvalue weighted by atomic mass is 9.98. The van der Waals surface area contributed by atoms with Crippen molar-refractivity contribution >= 4 is 11.8 Å². The molecule has 1 atom stereocenters. The highest BCUT2D eigenvalue weighted by atomic mass is 16.5. The predicted molar refractivity (Wildman–Crippen MR) is 165 cm³/mol. The van der Waals surface area contributed by atoms with Crippen LogP contribution in [-0.4, -0.2) is 50.0 Å². The smallest absolute Gasteiger partial charge is 0.252 e. The number of hydrogen-bond acceptors (Lipinski definition) is 4. The summed E-state index contributed by atoms with van der Waals surface area (Å²) >= 11 is 0. The van der Waals surface area contributed by atoms with Crippen LogP contribution in [0.25, 0.3) is 11.1 Å². The average Bonchev–Trinajstić information content (AvgIpc) is 3.01. The van der Waals surface area contributed by atoms with Crippen molar-refractivity contribution in [1.82, 2.24) is 15.5 Å². The molecule has 2 N–H and O–H groups in total. The van der Waals surface area contributed by atoms with Crippen molar-refractivity contribution < 1.29 is 14.3 Å². The highest BCUT2D eigenvalue weighted by Gasteiger charge is 2.23. The molecule has 0 unspecified atom stereocenters.